The fourth-order valence-electron chi connectivity index (χ4n) is 1.57. The average molecular weight is 272 g/mol. The van der Waals surface area contributed by atoms with Crippen LogP contribution in [0.1, 0.15) is 19.8 Å². The zero-order valence-electron chi connectivity index (χ0n) is 9.48. The number of anilines is 1. The van der Waals surface area contributed by atoms with Crippen LogP contribution in [0.3, 0.4) is 0 Å². The van der Waals surface area contributed by atoms with Crippen molar-refractivity contribution in [2.24, 2.45) is 0 Å². The number of aliphatic hydroxyl groups is 1. The number of aromatic nitrogens is 2. The highest BCUT2D eigenvalue weighted by Crippen LogP contribution is 2.26. The summed E-state index contributed by atoms with van der Waals surface area (Å²) in [4.78, 5) is 9.21. The molecule has 17 heavy (non-hydrogen) atoms. The minimum Gasteiger partial charge on any atom is -0.393 e. The SMILES string of the molecule is CC(O)CCCNc1nc(Cl)nc2sccc12. The predicted molar refractivity (Wildman–Crippen MR) is 71.8 cm³/mol. The van der Waals surface area contributed by atoms with Gasteiger partial charge in [0.25, 0.3) is 0 Å². The predicted octanol–water partition coefficient (Wildman–Crippen LogP) is 2.92. The van der Waals surface area contributed by atoms with Gasteiger partial charge in [0.15, 0.2) is 0 Å². The van der Waals surface area contributed by atoms with Crippen molar-refractivity contribution in [1.82, 2.24) is 9.97 Å². The van der Waals surface area contributed by atoms with E-state index in [2.05, 4.69) is 15.3 Å². The number of hydrogen-bond acceptors (Lipinski definition) is 5. The summed E-state index contributed by atoms with van der Waals surface area (Å²) >= 11 is 7.39. The summed E-state index contributed by atoms with van der Waals surface area (Å²) in [6.07, 6.45) is 1.41. The van der Waals surface area contributed by atoms with E-state index in [-0.39, 0.29) is 11.4 Å². The Labute approximate surface area is 109 Å². The summed E-state index contributed by atoms with van der Waals surface area (Å²) in [5.41, 5.74) is 0. The van der Waals surface area contributed by atoms with Crippen LogP contribution in [0.15, 0.2) is 11.4 Å². The molecule has 0 aliphatic carbocycles. The van der Waals surface area contributed by atoms with Gasteiger partial charge in [-0.15, -0.1) is 11.3 Å². The van der Waals surface area contributed by atoms with Crippen LogP contribution < -0.4 is 5.32 Å². The third-order valence-electron chi connectivity index (χ3n) is 2.39. The van der Waals surface area contributed by atoms with Crippen molar-refractivity contribution >= 4 is 39.0 Å². The highest BCUT2D eigenvalue weighted by Gasteiger charge is 2.07. The largest absolute Gasteiger partial charge is 0.393 e. The molecule has 2 aromatic heterocycles. The summed E-state index contributed by atoms with van der Waals surface area (Å²) in [5.74, 6) is 0.770. The van der Waals surface area contributed by atoms with Gasteiger partial charge in [-0.05, 0) is 42.8 Å². The van der Waals surface area contributed by atoms with Crippen LogP contribution in [-0.2, 0) is 0 Å². The van der Waals surface area contributed by atoms with E-state index in [1.165, 1.54) is 0 Å². The molecule has 0 saturated carbocycles. The number of thiophene rings is 1. The van der Waals surface area contributed by atoms with Gasteiger partial charge in [0.05, 0.1) is 11.5 Å². The van der Waals surface area contributed by atoms with Crippen molar-refractivity contribution < 1.29 is 5.11 Å². The minimum atomic E-state index is -0.257. The Hall–Kier alpha value is -0.910. The molecule has 0 aromatic carbocycles. The van der Waals surface area contributed by atoms with E-state index in [0.717, 1.165) is 35.4 Å². The van der Waals surface area contributed by atoms with E-state index >= 15 is 0 Å². The summed E-state index contributed by atoms with van der Waals surface area (Å²) in [7, 11) is 0. The van der Waals surface area contributed by atoms with Crippen LogP contribution in [0.5, 0.6) is 0 Å². The zero-order chi connectivity index (χ0) is 12.3. The first-order valence-electron chi connectivity index (χ1n) is 5.49. The second-order valence-corrected chi connectivity index (χ2v) is 5.13. The summed E-state index contributed by atoms with van der Waals surface area (Å²) in [5, 5.41) is 15.6. The van der Waals surface area contributed by atoms with Gasteiger partial charge in [0.2, 0.25) is 5.28 Å². The summed E-state index contributed by atoms with van der Waals surface area (Å²) in [6, 6.07) is 1.98. The number of aliphatic hydroxyl groups excluding tert-OH is 1. The molecule has 2 heterocycles. The molecule has 0 amide bonds. The molecular formula is C11H14ClN3OS. The van der Waals surface area contributed by atoms with E-state index < -0.39 is 0 Å². The highest BCUT2D eigenvalue weighted by atomic mass is 35.5. The fraction of sp³-hybridized carbons (Fsp3) is 0.455. The molecule has 2 rings (SSSR count). The standard InChI is InChI=1S/C11H14ClN3OS/c1-7(16)3-2-5-13-9-8-4-6-17-10(8)15-11(12)14-9/h4,6-7,16H,2-3,5H2,1H3,(H,13,14,15). The maximum absolute atomic E-state index is 9.16. The zero-order valence-corrected chi connectivity index (χ0v) is 11.1. The lowest BCUT2D eigenvalue weighted by Gasteiger charge is -2.07. The molecule has 6 heteroatoms. The first-order chi connectivity index (χ1) is 8.16. The Balaban J connectivity index is 2.04. The van der Waals surface area contributed by atoms with Gasteiger partial charge >= 0.3 is 0 Å². The van der Waals surface area contributed by atoms with Gasteiger partial charge in [-0.2, -0.15) is 0 Å². The van der Waals surface area contributed by atoms with E-state index in [4.69, 9.17) is 16.7 Å². The molecule has 2 aromatic rings. The number of halogens is 1. The number of rotatable bonds is 5. The second kappa shape index (κ2) is 5.62. The summed E-state index contributed by atoms with van der Waals surface area (Å²) < 4.78 is 0. The topological polar surface area (TPSA) is 58.0 Å². The van der Waals surface area contributed by atoms with Gasteiger partial charge in [-0.25, -0.2) is 9.97 Å². The Morgan fingerprint density at radius 3 is 3.12 bits per heavy atom. The van der Waals surface area contributed by atoms with Crippen LogP contribution in [0.4, 0.5) is 5.82 Å². The Bertz CT molecular complexity index is 500. The Kier molecular flexibility index (Phi) is 4.15. The van der Waals surface area contributed by atoms with Gasteiger partial charge in [-0.1, -0.05) is 0 Å². The van der Waals surface area contributed by atoms with E-state index in [0.29, 0.717) is 0 Å². The van der Waals surface area contributed by atoms with Gasteiger partial charge in [0, 0.05) is 6.54 Å². The van der Waals surface area contributed by atoms with Crippen molar-refractivity contribution in [3.8, 4) is 0 Å². The van der Waals surface area contributed by atoms with Crippen molar-refractivity contribution in [3.05, 3.63) is 16.7 Å². The third-order valence-corrected chi connectivity index (χ3v) is 3.36. The molecule has 4 nitrogen and oxygen atoms in total. The molecular weight excluding hydrogens is 258 g/mol. The first-order valence-corrected chi connectivity index (χ1v) is 6.75. The van der Waals surface area contributed by atoms with E-state index in [1.807, 2.05) is 11.4 Å². The molecule has 0 fully saturated rings. The molecule has 0 saturated heterocycles. The van der Waals surface area contributed by atoms with E-state index in [1.54, 1.807) is 18.3 Å². The van der Waals surface area contributed by atoms with Crippen LogP contribution >= 0.6 is 22.9 Å². The number of hydrogen-bond donors (Lipinski definition) is 2. The lowest BCUT2D eigenvalue weighted by Crippen LogP contribution is -2.08. The van der Waals surface area contributed by atoms with Crippen molar-refractivity contribution in [3.63, 3.8) is 0 Å². The third kappa shape index (κ3) is 3.28. The first kappa shape index (κ1) is 12.5. The molecule has 92 valence electrons. The number of fused-ring (bicyclic) bond motifs is 1. The van der Waals surface area contributed by atoms with Crippen LogP contribution in [0.25, 0.3) is 10.2 Å². The number of nitrogens with zero attached hydrogens (tertiary/aromatic N) is 2. The maximum atomic E-state index is 9.16. The molecule has 0 spiro atoms. The van der Waals surface area contributed by atoms with Crippen LogP contribution in [-0.4, -0.2) is 27.7 Å². The second-order valence-electron chi connectivity index (χ2n) is 3.90. The fourth-order valence-corrected chi connectivity index (χ4v) is 2.55. The monoisotopic (exact) mass is 271 g/mol. The van der Waals surface area contributed by atoms with Crippen molar-refractivity contribution in [2.45, 2.75) is 25.9 Å². The lowest BCUT2D eigenvalue weighted by atomic mass is 10.2. The Morgan fingerprint density at radius 2 is 2.35 bits per heavy atom. The molecule has 1 atom stereocenters. The molecule has 0 aliphatic rings. The molecule has 0 bridgehead atoms. The molecule has 2 N–H and O–H groups in total. The normalized spacial score (nSPS) is 12.9. The maximum Gasteiger partial charge on any atom is 0.225 e. The molecule has 1 unspecified atom stereocenters. The quantitative estimate of drug-likeness (QED) is 0.648. The average Bonchev–Trinajstić information content (AvgIpc) is 2.71. The minimum absolute atomic E-state index is 0.257. The van der Waals surface area contributed by atoms with Gasteiger partial charge in [0.1, 0.15) is 10.6 Å². The van der Waals surface area contributed by atoms with E-state index in [9.17, 15) is 0 Å². The van der Waals surface area contributed by atoms with Crippen molar-refractivity contribution in [1.29, 1.82) is 0 Å². The molecule has 0 radical (unpaired) electrons. The van der Waals surface area contributed by atoms with Gasteiger partial charge < -0.3 is 10.4 Å². The van der Waals surface area contributed by atoms with Crippen molar-refractivity contribution in [2.75, 3.05) is 11.9 Å². The Morgan fingerprint density at radius 1 is 1.53 bits per heavy atom. The summed E-state index contributed by atoms with van der Waals surface area (Å²) in [6.45, 7) is 2.56. The number of nitrogens with one attached hydrogen (secondary N) is 1. The lowest BCUT2D eigenvalue weighted by molar-refractivity contribution is 0.183. The highest BCUT2D eigenvalue weighted by molar-refractivity contribution is 7.16. The van der Waals surface area contributed by atoms with Crippen LogP contribution in [0.2, 0.25) is 5.28 Å². The smallest absolute Gasteiger partial charge is 0.225 e. The molecule has 0 aliphatic heterocycles. The van der Waals surface area contributed by atoms with Crippen LogP contribution in [0, 0.1) is 0 Å². The van der Waals surface area contributed by atoms with Gasteiger partial charge in [-0.3, -0.25) is 0 Å².